The highest BCUT2D eigenvalue weighted by atomic mass is 16.5. The molecule has 84 valence electrons. The predicted molar refractivity (Wildman–Crippen MR) is 59.9 cm³/mol. The smallest absolute Gasteiger partial charge is 0.127 e. The van der Waals surface area contributed by atoms with Crippen LogP contribution in [0.4, 0.5) is 5.82 Å². The van der Waals surface area contributed by atoms with Gasteiger partial charge >= 0.3 is 0 Å². The topological polar surface area (TPSA) is 53.1 Å². The van der Waals surface area contributed by atoms with Crippen molar-refractivity contribution in [2.75, 3.05) is 19.5 Å². The zero-order valence-corrected chi connectivity index (χ0v) is 9.66. The van der Waals surface area contributed by atoms with E-state index >= 15 is 0 Å². The molecule has 1 saturated carbocycles. The molecule has 1 aliphatic rings. The lowest BCUT2D eigenvalue weighted by atomic mass is 10.1. The van der Waals surface area contributed by atoms with E-state index in [1.165, 1.54) is 12.8 Å². The lowest BCUT2D eigenvalue weighted by Crippen LogP contribution is -2.07. The number of aromatic nitrogens is 2. The van der Waals surface area contributed by atoms with E-state index in [0.29, 0.717) is 12.6 Å². The molecule has 2 rings (SSSR count). The normalized spacial score (nSPS) is 18.1. The molecule has 0 radical (unpaired) electrons. The third-order valence-corrected chi connectivity index (χ3v) is 2.95. The SMILES string of the molecule is COCC(C)c1nc(C)n(C2CC2)c1N. The van der Waals surface area contributed by atoms with E-state index < -0.39 is 0 Å². The van der Waals surface area contributed by atoms with Gasteiger partial charge in [0.2, 0.25) is 0 Å². The van der Waals surface area contributed by atoms with Gasteiger partial charge in [0, 0.05) is 19.1 Å². The Bertz CT molecular complexity index is 355. The maximum atomic E-state index is 6.12. The second-order valence-corrected chi connectivity index (χ2v) is 4.39. The van der Waals surface area contributed by atoms with Crippen LogP contribution < -0.4 is 5.73 Å². The summed E-state index contributed by atoms with van der Waals surface area (Å²) in [4.78, 5) is 4.55. The number of hydrogen-bond acceptors (Lipinski definition) is 3. The number of hydrogen-bond donors (Lipinski definition) is 1. The number of imidazole rings is 1. The van der Waals surface area contributed by atoms with Gasteiger partial charge in [0.25, 0.3) is 0 Å². The molecular weight excluding hydrogens is 190 g/mol. The number of nitrogens with zero attached hydrogens (tertiary/aromatic N) is 2. The lowest BCUT2D eigenvalue weighted by Gasteiger charge is -2.09. The Morgan fingerprint density at radius 3 is 2.80 bits per heavy atom. The molecule has 0 aliphatic heterocycles. The fourth-order valence-corrected chi connectivity index (χ4v) is 2.07. The highest BCUT2D eigenvalue weighted by molar-refractivity contribution is 5.41. The van der Waals surface area contributed by atoms with Gasteiger partial charge in [0.15, 0.2) is 0 Å². The number of methoxy groups -OCH3 is 1. The van der Waals surface area contributed by atoms with Gasteiger partial charge in [-0.25, -0.2) is 4.98 Å². The van der Waals surface area contributed by atoms with Gasteiger partial charge < -0.3 is 15.0 Å². The van der Waals surface area contributed by atoms with E-state index in [0.717, 1.165) is 17.3 Å². The lowest BCUT2D eigenvalue weighted by molar-refractivity contribution is 0.183. The third-order valence-electron chi connectivity index (χ3n) is 2.95. The monoisotopic (exact) mass is 209 g/mol. The highest BCUT2D eigenvalue weighted by Gasteiger charge is 2.29. The summed E-state index contributed by atoms with van der Waals surface area (Å²) in [5.74, 6) is 2.14. The zero-order valence-electron chi connectivity index (χ0n) is 9.66. The molecule has 15 heavy (non-hydrogen) atoms. The molecule has 4 nitrogen and oxygen atoms in total. The molecule has 0 amide bonds. The molecule has 0 spiro atoms. The molecule has 1 aliphatic carbocycles. The summed E-state index contributed by atoms with van der Waals surface area (Å²) in [6.45, 7) is 4.79. The van der Waals surface area contributed by atoms with Crippen LogP contribution in [0.15, 0.2) is 0 Å². The van der Waals surface area contributed by atoms with Crippen molar-refractivity contribution < 1.29 is 4.74 Å². The molecule has 1 fully saturated rings. The molecular formula is C11H19N3O. The Morgan fingerprint density at radius 1 is 1.60 bits per heavy atom. The van der Waals surface area contributed by atoms with Crippen LogP contribution in [0.3, 0.4) is 0 Å². The van der Waals surface area contributed by atoms with Crippen molar-refractivity contribution >= 4 is 5.82 Å². The third kappa shape index (κ3) is 1.86. The van der Waals surface area contributed by atoms with Crippen LogP contribution in [0.1, 0.15) is 43.2 Å². The second-order valence-electron chi connectivity index (χ2n) is 4.39. The zero-order chi connectivity index (χ0) is 11.0. The summed E-state index contributed by atoms with van der Waals surface area (Å²) in [5.41, 5.74) is 7.11. The molecule has 1 unspecified atom stereocenters. The van der Waals surface area contributed by atoms with Crippen LogP contribution in [0.5, 0.6) is 0 Å². The van der Waals surface area contributed by atoms with Crippen molar-refractivity contribution in [3.05, 3.63) is 11.5 Å². The molecule has 0 saturated heterocycles. The molecule has 2 N–H and O–H groups in total. The Kier molecular flexibility index (Phi) is 2.69. The standard InChI is InChI=1S/C11H19N3O/c1-7(6-15-3)10-11(12)14(8(2)13-10)9-4-5-9/h7,9H,4-6,12H2,1-3H3. The van der Waals surface area contributed by atoms with Gasteiger partial charge in [0.05, 0.1) is 12.3 Å². The number of ether oxygens (including phenoxy) is 1. The van der Waals surface area contributed by atoms with Crippen molar-refractivity contribution in [2.45, 2.75) is 38.6 Å². The number of anilines is 1. The number of nitrogens with two attached hydrogens (primary N) is 1. The van der Waals surface area contributed by atoms with E-state index in [-0.39, 0.29) is 5.92 Å². The fourth-order valence-electron chi connectivity index (χ4n) is 2.07. The van der Waals surface area contributed by atoms with Gasteiger partial charge in [0.1, 0.15) is 11.6 Å². The van der Waals surface area contributed by atoms with Gasteiger partial charge in [-0.2, -0.15) is 0 Å². The predicted octanol–water partition coefficient (Wildman–Crippen LogP) is 1.86. The second kappa shape index (κ2) is 3.85. The maximum Gasteiger partial charge on any atom is 0.127 e. The van der Waals surface area contributed by atoms with E-state index in [9.17, 15) is 0 Å². The highest BCUT2D eigenvalue weighted by Crippen LogP contribution is 2.39. The van der Waals surface area contributed by atoms with Crippen LogP contribution in [0.25, 0.3) is 0 Å². The quantitative estimate of drug-likeness (QED) is 0.823. The molecule has 1 aromatic rings. The van der Waals surface area contributed by atoms with Crippen LogP contribution >= 0.6 is 0 Å². The van der Waals surface area contributed by atoms with Crippen molar-refractivity contribution in [2.24, 2.45) is 0 Å². The minimum absolute atomic E-state index is 0.272. The summed E-state index contributed by atoms with van der Waals surface area (Å²) in [7, 11) is 1.71. The van der Waals surface area contributed by atoms with Gasteiger partial charge in [-0.1, -0.05) is 6.92 Å². The van der Waals surface area contributed by atoms with Gasteiger partial charge in [-0.15, -0.1) is 0 Å². The van der Waals surface area contributed by atoms with Gasteiger partial charge in [-0.05, 0) is 19.8 Å². The molecule has 0 bridgehead atoms. The maximum absolute atomic E-state index is 6.12. The average molecular weight is 209 g/mol. The fraction of sp³-hybridized carbons (Fsp3) is 0.727. The Hall–Kier alpha value is -1.03. The first-order chi connectivity index (χ1) is 7.15. The number of rotatable bonds is 4. The van der Waals surface area contributed by atoms with Crippen molar-refractivity contribution in [1.29, 1.82) is 0 Å². The summed E-state index contributed by atoms with van der Waals surface area (Å²) in [6.07, 6.45) is 2.47. The minimum Gasteiger partial charge on any atom is -0.384 e. The molecule has 4 heteroatoms. The molecule has 1 aromatic heterocycles. The number of nitrogen functional groups attached to an aromatic ring is 1. The van der Waals surface area contributed by atoms with Crippen molar-refractivity contribution in [3.63, 3.8) is 0 Å². The van der Waals surface area contributed by atoms with Crippen molar-refractivity contribution in [1.82, 2.24) is 9.55 Å². The summed E-state index contributed by atoms with van der Waals surface area (Å²) in [5, 5.41) is 0. The van der Waals surface area contributed by atoms with Crippen LogP contribution in [-0.4, -0.2) is 23.3 Å². The first kappa shape index (κ1) is 10.5. The summed E-state index contributed by atoms with van der Waals surface area (Å²) in [6, 6.07) is 0.598. The van der Waals surface area contributed by atoms with Crippen LogP contribution in [0.2, 0.25) is 0 Å². The summed E-state index contributed by atoms with van der Waals surface area (Å²) >= 11 is 0. The molecule has 0 aromatic carbocycles. The van der Waals surface area contributed by atoms with Crippen molar-refractivity contribution in [3.8, 4) is 0 Å². The van der Waals surface area contributed by atoms with Gasteiger partial charge in [-0.3, -0.25) is 0 Å². The first-order valence-corrected chi connectivity index (χ1v) is 5.48. The minimum atomic E-state index is 0.272. The molecule has 1 heterocycles. The van der Waals surface area contributed by atoms with E-state index in [1.807, 2.05) is 6.92 Å². The average Bonchev–Trinajstić information content (AvgIpc) is 2.95. The Balaban J connectivity index is 2.28. The first-order valence-electron chi connectivity index (χ1n) is 5.48. The number of aryl methyl sites for hydroxylation is 1. The Morgan fingerprint density at radius 2 is 2.27 bits per heavy atom. The van der Waals surface area contributed by atoms with E-state index in [4.69, 9.17) is 10.5 Å². The molecule has 1 atom stereocenters. The Labute approximate surface area is 90.4 Å². The summed E-state index contributed by atoms with van der Waals surface area (Å²) < 4.78 is 7.30. The van der Waals surface area contributed by atoms with Crippen LogP contribution in [-0.2, 0) is 4.74 Å². The van der Waals surface area contributed by atoms with E-state index in [2.05, 4.69) is 16.5 Å². The largest absolute Gasteiger partial charge is 0.384 e. The van der Waals surface area contributed by atoms with E-state index in [1.54, 1.807) is 7.11 Å². The van der Waals surface area contributed by atoms with Crippen LogP contribution in [0, 0.1) is 6.92 Å².